The lowest BCUT2D eigenvalue weighted by atomic mass is 10.0. The Labute approximate surface area is 110 Å². The predicted molar refractivity (Wildman–Crippen MR) is 72.9 cm³/mol. The average molecular weight is 262 g/mol. The Hall–Kier alpha value is -1.48. The van der Waals surface area contributed by atoms with Gasteiger partial charge in [-0.15, -0.1) is 11.3 Å². The van der Waals surface area contributed by atoms with Crippen molar-refractivity contribution in [1.82, 2.24) is 0 Å². The molecule has 1 aromatic heterocycles. The lowest BCUT2D eigenvalue weighted by Crippen LogP contribution is -2.03. The Bertz CT molecular complexity index is 572. The van der Waals surface area contributed by atoms with Gasteiger partial charge in [-0.3, -0.25) is 4.79 Å². The van der Waals surface area contributed by atoms with Crippen LogP contribution in [-0.2, 0) is 12.8 Å². The second kappa shape index (κ2) is 5.44. The number of hydrogen-bond acceptors (Lipinski definition) is 2. The monoisotopic (exact) mass is 262 g/mol. The number of Topliss-reactive ketones (excluding diaryl/α,β-unsaturated/α-hetero) is 1. The largest absolute Gasteiger partial charge is 0.294 e. The summed E-state index contributed by atoms with van der Waals surface area (Å²) in [5, 5.41) is 0. The zero-order valence-corrected chi connectivity index (χ0v) is 11.3. The van der Waals surface area contributed by atoms with Gasteiger partial charge in [-0.2, -0.15) is 0 Å². The molecule has 0 aliphatic carbocycles. The Kier molecular flexibility index (Phi) is 3.92. The third kappa shape index (κ3) is 2.85. The normalized spacial score (nSPS) is 10.6. The van der Waals surface area contributed by atoms with Gasteiger partial charge in [0.15, 0.2) is 5.78 Å². The van der Waals surface area contributed by atoms with Crippen molar-refractivity contribution in [3.63, 3.8) is 0 Å². The summed E-state index contributed by atoms with van der Waals surface area (Å²) >= 11 is 1.67. The van der Waals surface area contributed by atoms with Crippen molar-refractivity contribution in [2.24, 2.45) is 0 Å². The van der Waals surface area contributed by atoms with Gasteiger partial charge in [-0.1, -0.05) is 6.92 Å². The van der Waals surface area contributed by atoms with Crippen LogP contribution in [0.25, 0.3) is 0 Å². The summed E-state index contributed by atoms with van der Waals surface area (Å²) in [6, 6.07) is 8.58. The molecule has 0 saturated heterocycles. The van der Waals surface area contributed by atoms with E-state index in [1.165, 1.54) is 10.9 Å². The molecule has 1 heterocycles. The van der Waals surface area contributed by atoms with Gasteiger partial charge < -0.3 is 0 Å². The van der Waals surface area contributed by atoms with Crippen LogP contribution in [0.2, 0.25) is 0 Å². The number of ketones is 1. The molecule has 1 aromatic carbocycles. The van der Waals surface area contributed by atoms with Crippen LogP contribution in [0.4, 0.5) is 4.39 Å². The molecule has 0 bridgehead atoms. The highest BCUT2D eigenvalue weighted by Crippen LogP contribution is 2.19. The summed E-state index contributed by atoms with van der Waals surface area (Å²) in [6.45, 7) is 3.77. The van der Waals surface area contributed by atoms with Crippen molar-refractivity contribution < 1.29 is 9.18 Å². The molecule has 0 aliphatic heterocycles. The maximum atomic E-state index is 13.1. The minimum Gasteiger partial charge on any atom is -0.294 e. The first-order chi connectivity index (χ1) is 8.60. The molecular weight excluding hydrogens is 247 g/mol. The standard InChI is InChI=1S/C15H15FOS/c1-3-12-5-6-13(18-12)9-15(17)11-4-7-14(16)10(2)8-11/h4-8H,3,9H2,1-2H3. The van der Waals surface area contributed by atoms with E-state index in [4.69, 9.17) is 0 Å². The third-order valence-corrected chi connectivity index (χ3v) is 4.11. The Morgan fingerprint density at radius 2 is 1.94 bits per heavy atom. The first-order valence-corrected chi connectivity index (χ1v) is 6.78. The van der Waals surface area contributed by atoms with Crippen LogP contribution in [0.15, 0.2) is 30.3 Å². The van der Waals surface area contributed by atoms with Gasteiger partial charge >= 0.3 is 0 Å². The number of benzene rings is 1. The van der Waals surface area contributed by atoms with E-state index in [1.54, 1.807) is 30.4 Å². The second-order valence-corrected chi connectivity index (χ2v) is 5.54. The zero-order chi connectivity index (χ0) is 13.1. The van der Waals surface area contributed by atoms with Crippen LogP contribution < -0.4 is 0 Å². The highest BCUT2D eigenvalue weighted by molar-refractivity contribution is 7.12. The van der Waals surface area contributed by atoms with Crippen molar-refractivity contribution in [3.8, 4) is 0 Å². The molecule has 0 amide bonds. The molecule has 0 fully saturated rings. The Balaban J connectivity index is 2.14. The van der Waals surface area contributed by atoms with Gasteiger partial charge in [0.2, 0.25) is 0 Å². The summed E-state index contributed by atoms with van der Waals surface area (Å²) in [7, 11) is 0. The zero-order valence-electron chi connectivity index (χ0n) is 10.5. The predicted octanol–water partition coefficient (Wildman–Crippen LogP) is 4.18. The lowest BCUT2D eigenvalue weighted by Gasteiger charge is -2.02. The number of thiophene rings is 1. The molecule has 94 valence electrons. The van der Waals surface area contributed by atoms with Crippen LogP contribution in [0.5, 0.6) is 0 Å². The molecule has 0 atom stereocenters. The summed E-state index contributed by atoms with van der Waals surface area (Å²) in [5.41, 5.74) is 1.10. The molecular formula is C15H15FOS. The average Bonchev–Trinajstić information content (AvgIpc) is 2.80. The van der Waals surface area contributed by atoms with Gasteiger partial charge in [0.1, 0.15) is 5.82 Å². The van der Waals surface area contributed by atoms with Gasteiger partial charge in [0.05, 0.1) is 0 Å². The molecule has 0 saturated carbocycles. The summed E-state index contributed by atoms with van der Waals surface area (Å²) < 4.78 is 13.1. The van der Waals surface area contributed by atoms with Crippen LogP contribution in [0.3, 0.4) is 0 Å². The summed E-state index contributed by atoms with van der Waals surface area (Å²) in [6.07, 6.45) is 1.39. The van der Waals surface area contributed by atoms with Gasteiger partial charge in [-0.05, 0) is 49.2 Å². The SMILES string of the molecule is CCc1ccc(CC(=O)c2ccc(F)c(C)c2)s1. The van der Waals surface area contributed by atoms with Crippen LogP contribution >= 0.6 is 11.3 Å². The quantitative estimate of drug-likeness (QED) is 0.755. The molecule has 0 aliphatic rings. The third-order valence-electron chi connectivity index (χ3n) is 2.88. The first-order valence-electron chi connectivity index (χ1n) is 5.97. The van der Waals surface area contributed by atoms with Crippen LogP contribution in [0.1, 0.15) is 32.6 Å². The fourth-order valence-electron chi connectivity index (χ4n) is 1.79. The smallest absolute Gasteiger partial charge is 0.168 e. The number of rotatable bonds is 4. The minimum atomic E-state index is -0.268. The number of aryl methyl sites for hydroxylation is 2. The van der Waals surface area contributed by atoms with E-state index in [0.29, 0.717) is 17.5 Å². The van der Waals surface area contributed by atoms with E-state index in [9.17, 15) is 9.18 Å². The lowest BCUT2D eigenvalue weighted by molar-refractivity contribution is 0.0993. The maximum absolute atomic E-state index is 13.1. The number of halogens is 1. The van der Waals surface area contributed by atoms with E-state index in [2.05, 4.69) is 13.0 Å². The Morgan fingerprint density at radius 3 is 2.56 bits per heavy atom. The van der Waals surface area contributed by atoms with Gasteiger partial charge in [0, 0.05) is 21.7 Å². The van der Waals surface area contributed by atoms with Crippen LogP contribution in [-0.4, -0.2) is 5.78 Å². The summed E-state index contributed by atoms with van der Waals surface area (Å²) in [5.74, 6) is -0.224. The molecule has 0 radical (unpaired) electrons. The second-order valence-electron chi connectivity index (χ2n) is 4.29. The fraction of sp³-hybridized carbons (Fsp3) is 0.267. The van der Waals surface area contributed by atoms with E-state index < -0.39 is 0 Å². The molecule has 2 aromatic rings. The number of hydrogen-bond donors (Lipinski definition) is 0. The van der Waals surface area contributed by atoms with E-state index in [1.807, 2.05) is 6.07 Å². The maximum Gasteiger partial charge on any atom is 0.168 e. The molecule has 0 spiro atoms. The highest BCUT2D eigenvalue weighted by Gasteiger charge is 2.10. The van der Waals surface area contributed by atoms with Crippen molar-refractivity contribution in [2.75, 3.05) is 0 Å². The van der Waals surface area contributed by atoms with Gasteiger partial charge in [-0.25, -0.2) is 4.39 Å². The van der Waals surface area contributed by atoms with Crippen molar-refractivity contribution in [2.45, 2.75) is 26.7 Å². The van der Waals surface area contributed by atoms with Crippen molar-refractivity contribution >= 4 is 17.1 Å². The minimum absolute atomic E-state index is 0.0441. The van der Waals surface area contributed by atoms with E-state index in [-0.39, 0.29) is 11.6 Å². The first kappa shape index (κ1) is 13.0. The molecule has 3 heteroatoms. The highest BCUT2D eigenvalue weighted by atomic mass is 32.1. The van der Waals surface area contributed by atoms with Crippen LogP contribution in [0, 0.1) is 12.7 Å². The van der Waals surface area contributed by atoms with Crippen molar-refractivity contribution in [3.05, 3.63) is 57.0 Å². The van der Waals surface area contributed by atoms with Gasteiger partial charge in [0.25, 0.3) is 0 Å². The molecule has 1 nitrogen and oxygen atoms in total. The number of carbonyl (C=O) groups is 1. The van der Waals surface area contributed by atoms with E-state index >= 15 is 0 Å². The summed E-state index contributed by atoms with van der Waals surface area (Å²) in [4.78, 5) is 14.4. The molecule has 2 rings (SSSR count). The molecule has 0 unspecified atom stereocenters. The van der Waals surface area contributed by atoms with Crippen molar-refractivity contribution in [1.29, 1.82) is 0 Å². The molecule has 18 heavy (non-hydrogen) atoms. The van der Waals surface area contributed by atoms with E-state index in [0.717, 1.165) is 11.3 Å². The topological polar surface area (TPSA) is 17.1 Å². The fourth-order valence-corrected chi connectivity index (χ4v) is 2.74. The number of carbonyl (C=O) groups excluding carboxylic acids is 1. The Morgan fingerprint density at radius 1 is 1.22 bits per heavy atom. The molecule has 0 N–H and O–H groups in total.